The summed E-state index contributed by atoms with van der Waals surface area (Å²) in [6, 6.07) is 19.6. The predicted molar refractivity (Wildman–Crippen MR) is 158 cm³/mol. The fourth-order valence-electron chi connectivity index (χ4n) is 5.70. The van der Waals surface area contributed by atoms with Crippen LogP contribution in [0, 0.1) is 22.9 Å². The number of aromatic nitrogens is 2. The first-order valence-electron chi connectivity index (χ1n) is 13.5. The zero-order valence-corrected chi connectivity index (χ0v) is 23.0. The van der Waals surface area contributed by atoms with Crippen LogP contribution < -0.4 is 10.7 Å². The SMILES string of the molecule is N#C/N=c1\c2cc(-c3ccc(C(F)(F)F)cc3)ccc2c2nc3/c(=N/C#N)c4cc(-c5cccc(C(F)(F)F)c5)ccc4c3nc12. The van der Waals surface area contributed by atoms with Gasteiger partial charge >= 0.3 is 12.4 Å². The van der Waals surface area contributed by atoms with Crippen LogP contribution in [0.3, 0.4) is 0 Å². The molecule has 0 aliphatic rings. The summed E-state index contributed by atoms with van der Waals surface area (Å²) in [6.07, 6.45) is -5.45. The fraction of sp³-hybridized carbons (Fsp3) is 0.0588. The summed E-state index contributed by atoms with van der Waals surface area (Å²) >= 11 is 0. The molecule has 0 aliphatic carbocycles. The van der Waals surface area contributed by atoms with E-state index >= 15 is 0 Å². The van der Waals surface area contributed by atoms with Crippen molar-refractivity contribution >= 4 is 43.6 Å². The van der Waals surface area contributed by atoms with Crippen molar-refractivity contribution in [3.63, 3.8) is 0 Å². The molecule has 7 aromatic rings. The minimum atomic E-state index is -4.53. The van der Waals surface area contributed by atoms with Crippen LogP contribution in [0.15, 0.2) is 94.9 Å². The lowest BCUT2D eigenvalue weighted by Gasteiger charge is -2.09. The van der Waals surface area contributed by atoms with E-state index < -0.39 is 23.5 Å². The first-order chi connectivity index (χ1) is 22.0. The van der Waals surface area contributed by atoms with Crippen molar-refractivity contribution in [2.24, 2.45) is 9.98 Å². The highest BCUT2D eigenvalue weighted by molar-refractivity contribution is 6.15. The summed E-state index contributed by atoms with van der Waals surface area (Å²) in [4.78, 5) is 17.6. The molecule has 0 spiro atoms. The molecular formula is C34H14F6N6. The van der Waals surface area contributed by atoms with Crippen LogP contribution >= 0.6 is 0 Å². The Bertz CT molecular complexity index is 2580. The van der Waals surface area contributed by atoms with E-state index in [0.29, 0.717) is 54.8 Å². The molecule has 222 valence electrons. The standard InChI is InChI=1S/C34H14F6N6/c35-33(36,37)21-8-4-17(5-9-21)19-6-10-23-25(13-19)27(43-15-41)31-29(23)45-32-28(44-16-42)26-14-20(7-11-24(26)30(32)46-31)18-2-1-3-22(12-18)34(38,39)40/h1-14H/b43-27+,44-28+. The van der Waals surface area contributed by atoms with Crippen LogP contribution in [-0.2, 0) is 12.4 Å². The van der Waals surface area contributed by atoms with Crippen LogP contribution in [0.4, 0.5) is 26.3 Å². The second-order valence-corrected chi connectivity index (χ2v) is 10.4. The van der Waals surface area contributed by atoms with Gasteiger partial charge in [-0.2, -0.15) is 46.9 Å². The van der Waals surface area contributed by atoms with Crippen molar-refractivity contribution in [2.75, 3.05) is 0 Å². The third-order valence-corrected chi connectivity index (χ3v) is 7.80. The normalized spacial score (nSPS) is 13.2. The molecular weight excluding hydrogens is 606 g/mol. The zero-order chi connectivity index (χ0) is 32.4. The van der Waals surface area contributed by atoms with Crippen molar-refractivity contribution in [3.05, 3.63) is 107 Å². The second kappa shape index (κ2) is 10.2. The Morgan fingerprint density at radius 2 is 0.935 bits per heavy atom. The summed E-state index contributed by atoms with van der Waals surface area (Å²) in [5.41, 5.74) is 1.55. The lowest BCUT2D eigenvalue weighted by atomic mass is 10.0. The van der Waals surface area contributed by atoms with E-state index in [4.69, 9.17) is 9.97 Å². The maximum Gasteiger partial charge on any atom is 0.416 e. The van der Waals surface area contributed by atoms with E-state index in [2.05, 4.69) is 9.98 Å². The zero-order valence-electron chi connectivity index (χ0n) is 23.0. The molecule has 0 unspecified atom stereocenters. The molecule has 1 heterocycles. The minimum Gasteiger partial charge on any atom is -0.241 e. The summed E-state index contributed by atoms with van der Waals surface area (Å²) in [5.74, 6) is 0. The largest absolute Gasteiger partial charge is 0.416 e. The molecule has 6 nitrogen and oxygen atoms in total. The monoisotopic (exact) mass is 620 g/mol. The third-order valence-electron chi connectivity index (χ3n) is 7.80. The van der Waals surface area contributed by atoms with Gasteiger partial charge < -0.3 is 0 Å². The summed E-state index contributed by atoms with van der Waals surface area (Å²) in [5, 5.41) is 21.5. The number of hydrogen-bond donors (Lipinski definition) is 0. The maximum atomic E-state index is 13.4. The highest BCUT2D eigenvalue weighted by atomic mass is 19.4. The molecule has 1 aromatic heterocycles. The lowest BCUT2D eigenvalue weighted by molar-refractivity contribution is -0.138. The van der Waals surface area contributed by atoms with E-state index in [1.807, 2.05) is 0 Å². The lowest BCUT2D eigenvalue weighted by Crippen LogP contribution is -2.04. The smallest absolute Gasteiger partial charge is 0.241 e. The molecule has 12 heteroatoms. The third kappa shape index (κ3) is 4.59. The van der Waals surface area contributed by atoms with Crippen LogP contribution in [-0.4, -0.2) is 9.97 Å². The number of nitrogens with zero attached hydrogens (tertiary/aromatic N) is 6. The van der Waals surface area contributed by atoms with E-state index in [0.717, 1.165) is 24.3 Å². The van der Waals surface area contributed by atoms with Gasteiger partial charge in [0, 0.05) is 21.5 Å². The number of hydrogen-bond acceptors (Lipinski definition) is 6. The number of fused-ring (bicyclic) bond motifs is 6. The van der Waals surface area contributed by atoms with Gasteiger partial charge in [0.25, 0.3) is 0 Å². The molecule has 0 N–H and O–H groups in total. The average molecular weight is 621 g/mol. The molecule has 0 saturated carbocycles. The van der Waals surface area contributed by atoms with Gasteiger partial charge in [0.1, 0.15) is 21.7 Å². The Hall–Kier alpha value is -6.14. The summed E-state index contributed by atoms with van der Waals surface area (Å²) < 4.78 is 79.4. The Balaban J connectivity index is 1.46. The van der Waals surface area contributed by atoms with Gasteiger partial charge in [0.2, 0.25) is 12.4 Å². The Morgan fingerprint density at radius 1 is 0.478 bits per heavy atom. The van der Waals surface area contributed by atoms with Gasteiger partial charge in [-0.1, -0.05) is 48.5 Å². The Morgan fingerprint density at radius 3 is 1.41 bits per heavy atom. The molecule has 0 aliphatic heterocycles. The molecule has 0 fully saturated rings. The minimum absolute atomic E-state index is 0.185. The fourth-order valence-corrected chi connectivity index (χ4v) is 5.70. The first kappa shape index (κ1) is 28.6. The van der Waals surface area contributed by atoms with Crippen LogP contribution in [0.5, 0.6) is 0 Å². The maximum absolute atomic E-state index is 13.4. The van der Waals surface area contributed by atoms with Crippen molar-refractivity contribution in [1.82, 2.24) is 9.97 Å². The molecule has 0 radical (unpaired) electrons. The van der Waals surface area contributed by atoms with Crippen LogP contribution in [0.25, 0.3) is 65.9 Å². The average Bonchev–Trinajstić information content (AvgIpc) is 3.50. The van der Waals surface area contributed by atoms with E-state index in [1.165, 1.54) is 18.2 Å². The van der Waals surface area contributed by atoms with Crippen molar-refractivity contribution in [1.29, 1.82) is 10.5 Å². The van der Waals surface area contributed by atoms with Gasteiger partial charge in [0.15, 0.2) is 0 Å². The Labute approximate surface area is 254 Å². The van der Waals surface area contributed by atoms with Crippen LogP contribution in [0.2, 0.25) is 0 Å². The summed E-state index contributed by atoms with van der Waals surface area (Å²) in [7, 11) is 0. The van der Waals surface area contributed by atoms with Crippen LogP contribution in [0.1, 0.15) is 11.1 Å². The van der Waals surface area contributed by atoms with Gasteiger partial charge in [-0.05, 0) is 58.7 Å². The number of rotatable bonds is 2. The van der Waals surface area contributed by atoms with Gasteiger partial charge in [0.05, 0.1) is 22.2 Å². The highest BCUT2D eigenvalue weighted by Crippen LogP contribution is 2.35. The number of alkyl halides is 6. The molecule has 46 heavy (non-hydrogen) atoms. The predicted octanol–water partition coefficient (Wildman–Crippen LogP) is 8.10. The number of halogens is 6. The van der Waals surface area contributed by atoms with Gasteiger partial charge in [-0.15, -0.1) is 0 Å². The van der Waals surface area contributed by atoms with Crippen molar-refractivity contribution < 1.29 is 26.3 Å². The first-order valence-corrected chi connectivity index (χ1v) is 13.5. The topological polar surface area (TPSA) is 98.1 Å². The molecule has 0 bridgehead atoms. The van der Waals surface area contributed by atoms with E-state index in [-0.39, 0.29) is 21.7 Å². The second-order valence-electron chi connectivity index (χ2n) is 10.4. The van der Waals surface area contributed by atoms with E-state index in [9.17, 15) is 36.9 Å². The van der Waals surface area contributed by atoms with Crippen molar-refractivity contribution in [3.8, 4) is 34.6 Å². The molecule has 0 saturated heterocycles. The Kier molecular flexibility index (Phi) is 6.35. The molecule has 7 rings (SSSR count). The van der Waals surface area contributed by atoms with Crippen molar-refractivity contribution in [2.45, 2.75) is 12.4 Å². The highest BCUT2D eigenvalue weighted by Gasteiger charge is 2.31. The van der Waals surface area contributed by atoms with E-state index in [1.54, 1.807) is 54.9 Å². The number of nitriles is 2. The quantitative estimate of drug-likeness (QED) is 0.144. The molecule has 0 atom stereocenters. The molecule has 6 aromatic carbocycles. The summed E-state index contributed by atoms with van der Waals surface area (Å²) in [6.45, 7) is 0. The number of benzene rings is 4. The molecule has 0 amide bonds. The van der Waals surface area contributed by atoms with Gasteiger partial charge in [-0.3, -0.25) is 0 Å². The van der Waals surface area contributed by atoms with Gasteiger partial charge in [-0.25, -0.2) is 9.97 Å².